The van der Waals surface area contributed by atoms with Gasteiger partial charge in [-0.25, -0.2) is 4.98 Å². The molecule has 28 heavy (non-hydrogen) atoms. The van der Waals surface area contributed by atoms with Crippen LogP contribution in [0.15, 0.2) is 36.4 Å². The topological polar surface area (TPSA) is 79.6 Å². The average molecular weight is 419 g/mol. The Labute approximate surface area is 171 Å². The highest BCUT2D eigenvalue weighted by molar-refractivity contribution is 7.22. The predicted octanol–water partition coefficient (Wildman–Crippen LogP) is 4.37. The first-order valence-electron chi connectivity index (χ1n) is 8.54. The Kier molecular flexibility index (Phi) is 5.93. The molecule has 0 saturated heterocycles. The van der Waals surface area contributed by atoms with Gasteiger partial charge < -0.3 is 4.90 Å². The second kappa shape index (κ2) is 8.22. The lowest BCUT2D eigenvalue weighted by atomic mass is 10.2. The lowest BCUT2D eigenvalue weighted by molar-refractivity contribution is -0.384. The summed E-state index contributed by atoms with van der Waals surface area (Å²) in [7, 11) is 3.83. The van der Waals surface area contributed by atoms with Crippen molar-refractivity contribution in [3.63, 3.8) is 0 Å². The fraction of sp³-hybridized carbons (Fsp3) is 0.263. The normalized spacial score (nSPS) is 11.2. The zero-order valence-electron chi connectivity index (χ0n) is 15.7. The number of likely N-dealkylation sites (N-methyl/N-ethyl adjacent to an activating group) is 1. The van der Waals surface area contributed by atoms with E-state index in [-0.39, 0.29) is 17.2 Å². The summed E-state index contributed by atoms with van der Waals surface area (Å²) in [6.45, 7) is 2.95. The largest absolute Gasteiger partial charge is 0.308 e. The number of fused-ring (bicyclic) bond motifs is 1. The molecular formula is C19H19ClN4O3S. The van der Waals surface area contributed by atoms with Crippen LogP contribution in [0.5, 0.6) is 0 Å². The summed E-state index contributed by atoms with van der Waals surface area (Å²) in [4.78, 5) is 31.9. The van der Waals surface area contributed by atoms with E-state index in [4.69, 9.17) is 11.6 Å². The van der Waals surface area contributed by atoms with Gasteiger partial charge >= 0.3 is 0 Å². The number of hydrogen-bond acceptors (Lipinski definition) is 6. The number of aromatic nitrogens is 1. The summed E-state index contributed by atoms with van der Waals surface area (Å²) in [6.07, 6.45) is 0. The molecule has 0 spiro atoms. The molecule has 0 N–H and O–H groups in total. The SMILES string of the molecule is Cc1cc(Cl)cc2sc(N(CCN(C)C)C(=O)c3cccc([N+](=O)[O-])c3)nc12. The molecule has 1 aromatic heterocycles. The minimum absolute atomic E-state index is 0.120. The van der Waals surface area contributed by atoms with Crippen LogP contribution in [0.25, 0.3) is 10.2 Å². The number of nitro groups is 1. The van der Waals surface area contributed by atoms with Crippen molar-refractivity contribution in [1.82, 2.24) is 9.88 Å². The fourth-order valence-electron chi connectivity index (χ4n) is 2.75. The van der Waals surface area contributed by atoms with E-state index < -0.39 is 4.92 Å². The van der Waals surface area contributed by atoms with E-state index in [0.29, 0.717) is 23.2 Å². The first-order chi connectivity index (χ1) is 13.3. The van der Waals surface area contributed by atoms with E-state index in [1.54, 1.807) is 11.0 Å². The number of halogens is 1. The Morgan fingerprint density at radius 3 is 2.68 bits per heavy atom. The molecule has 3 rings (SSSR count). The second-order valence-corrected chi connectivity index (χ2v) is 8.08. The van der Waals surface area contributed by atoms with Crippen molar-refractivity contribution in [1.29, 1.82) is 0 Å². The second-order valence-electron chi connectivity index (χ2n) is 6.63. The highest BCUT2D eigenvalue weighted by Crippen LogP contribution is 2.33. The maximum Gasteiger partial charge on any atom is 0.270 e. The van der Waals surface area contributed by atoms with Crippen LogP contribution in [-0.4, -0.2) is 47.9 Å². The molecular weight excluding hydrogens is 400 g/mol. The molecule has 0 bridgehead atoms. The van der Waals surface area contributed by atoms with Gasteiger partial charge in [-0.05, 0) is 44.8 Å². The van der Waals surface area contributed by atoms with Crippen LogP contribution < -0.4 is 4.90 Å². The zero-order valence-corrected chi connectivity index (χ0v) is 17.3. The molecule has 7 nitrogen and oxygen atoms in total. The predicted molar refractivity (Wildman–Crippen MR) is 113 cm³/mol. The molecule has 0 aliphatic heterocycles. The maximum absolute atomic E-state index is 13.2. The summed E-state index contributed by atoms with van der Waals surface area (Å²) < 4.78 is 0.890. The fourth-order valence-corrected chi connectivity index (χ4v) is 4.20. The van der Waals surface area contributed by atoms with Crippen molar-refractivity contribution in [2.75, 3.05) is 32.1 Å². The van der Waals surface area contributed by atoms with Crippen molar-refractivity contribution < 1.29 is 9.72 Å². The van der Waals surface area contributed by atoms with Gasteiger partial charge in [0.1, 0.15) is 0 Å². The maximum atomic E-state index is 13.2. The van der Waals surface area contributed by atoms with Crippen molar-refractivity contribution in [2.24, 2.45) is 0 Å². The number of amides is 1. The number of thiazole rings is 1. The van der Waals surface area contributed by atoms with E-state index in [0.717, 1.165) is 15.8 Å². The van der Waals surface area contributed by atoms with Crippen LogP contribution in [0.4, 0.5) is 10.8 Å². The molecule has 0 atom stereocenters. The van der Waals surface area contributed by atoms with Gasteiger partial charge in [0.25, 0.3) is 11.6 Å². The standard InChI is InChI=1S/C19H19ClN4O3S/c1-12-9-14(20)11-16-17(12)21-19(28-16)23(8-7-22(2)3)18(25)13-5-4-6-15(10-13)24(26)27/h4-6,9-11H,7-8H2,1-3H3. The molecule has 2 aromatic carbocycles. The number of hydrogen-bond donors (Lipinski definition) is 0. The smallest absolute Gasteiger partial charge is 0.270 e. The number of nitro benzene ring substituents is 1. The van der Waals surface area contributed by atoms with Gasteiger partial charge in [-0.2, -0.15) is 0 Å². The van der Waals surface area contributed by atoms with Gasteiger partial charge in [-0.15, -0.1) is 0 Å². The minimum atomic E-state index is -0.510. The minimum Gasteiger partial charge on any atom is -0.308 e. The molecule has 0 fully saturated rings. The van der Waals surface area contributed by atoms with Gasteiger partial charge in [0.15, 0.2) is 5.13 Å². The number of aryl methyl sites for hydroxylation is 1. The number of anilines is 1. The van der Waals surface area contributed by atoms with Crippen molar-refractivity contribution in [3.05, 3.63) is 62.7 Å². The Balaban J connectivity index is 2.04. The zero-order chi connectivity index (χ0) is 20.4. The van der Waals surface area contributed by atoms with Crippen molar-refractivity contribution in [3.8, 4) is 0 Å². The molecule has 0 unspecified atom stereocenters. The summed E-state index contributed by atoms with van der Waals surface area (Å²) in [6, 6.07) is 9.41. The van der Waals surface area contributed by atoms with E-state index in [1.807, 2.05) is 38.1 Å². The van der Waals surface area contributed by atoms with Gasteiger partial charge in [0.05, 0.1) is 15.1 Å². The molecule has 0 saturated carbocycles. The lowest BCUT2D eigenvalue weighted by Gasteiger charge is -2.22. The van der Waals surface area contributed by atoms with E-state index in [1.165, 1.54) is 29.5 Å². The van der Waals surface area contributed by atoms with Crippen molar-refractivity contribution >= 4 is 49.9 Å². The third-order valence-corrected chi connectivity index (χ3v) is 5.43. The lowest BCUT2D eigenvalue weighted by Crippen LogP contribution is -2.36. The number of benzene rings is 2. The number of carbonyl (C=O) groups excluding carboxylic acids is 1. The van der Waals surface area contributed by atoms with Crippen LogP contribution in [-0.2, 0) is 0 Å². The van der Waals surface area contributed by atoms with Gasteiger partial charge in [0, 0.05) is 35.8 Å². The molecule has 1 amide bonds. The van der Waals surface area contributed by atoms with E-state index in [2.05, 4.69) is 4.98 Å². The van der Waals surface area contributed by atoms with E-state index >= 15 is 0 Å². The molecule has 0 radical (unpaired) electrons. The molecule has 0 aliphatic rings. The van der Waals surface area contributed by atoms with E-state index in [9.17, 15) is 14.9 Å². The number of nitrogens with zero attached hydrogens (tertiary/aromatic N) is 4. The van der Waals surface area contributed by atoms with Crippen LogP contribution in [0, 0.1) is 17.0 Å². The third kappa shape index (κ3) is 4.30. The number of carbonyl (C=O) groups is 1. The quantitative estimate of drug-likeness (QED) is 0.438. The summed E-state index contributed by atoms with van der Waals surface area (Å²) >= 11 is 7.52. The number of rotatable bonds is 6. The monoisotopic (exact) mass is 418 g/mol. The highest BCUT2D eigenvalue weighted by Gasteiger charge is 2.23. The van der Waals surface area contributed by atoms with Crippen molar-refractivity contribution in [2.45, 2.75) is 6.92 Å². The number of non-ortho nitro benzene ring substituents is 1. The molecule has 146 valence electrons. The average Bonchev–Trinajstić information content (AvgIpc) is 3.05. The molecule has 3 aromatic rings. The molecule has 0 aliphatic carbocycles. The summed E-state index contributed by atoms with van der Waals surface area (Å²) in [5, 5.41) is 12.2. The van der Waals surface area contributed by atoms with Gasteiger partial charge in [-0.1, -0.05) is 29.0 Å². The Morgan fingerprint density at radius 1 is 1.25 bits per heavy atom. The van der Waals surface area contributed by atoms with Crippen LogP contribution in [0.2, 0.25) is 5.02 Å². The van der Waals surface area contributed by atoms with Gasteiger partial charge in [0.2, 0.25) is 0 Å². The first-order valence-corrected chi connectivity index (χ1v) is 9.73. The molecule has 9 heteroatoms. The Bertz CT molecular complexity index is 1050. The highest BCUT2D eigenvalue weighted by atomic mass is 35.5. The first kappa shape index (κ1) is 20.2. The van der Waals surface area contributed by atoms with Crippen LogP contribution >= 0.6 is 22.9 Å². The summed E-state index contributed by atoms with van der Waals surface area (Å²) in [5.41, 5.74) is 1.86. The molecule has 1 heterocycles. The Morgan fingerprint density at radius 2 is 2.00 bits per heavy atom. The van der Waals surface area contributed by atoms with Crippen LogP contribution in [0.1, 0.15) is 15.9 Å². The van der Waals surface area contributed by atoms with Crippen LogP contribution in [0.3, 0.4) is 0 Å². The third-order valence-electron chi connectivity index (χ3n) is 4.19. The van der Waals surface area contributed by atoms with Gasteiger partial charge in [-0.3, -0.25) is 19.8 Å². The summed E-state index contributed by atoms with van der Waals surface area (Å²) in [5.74, 6) is -0.326. The Hall–Kier alpha value is -2.55.